The Hall–Kier alpha value is -2.16. The number of carboxylic acids is 1. The summed E-state index contributed by atoms with van der Waals surface area (Å²) in [7, 11) is 0. The van der Waals surface area contributed by atoms with Gasteiger partial charge in [-0.3, -0.25) is 14.4 Å². The summed E-state index contributed by atoms with van der Waals surface area (Å²) in [6.45, 7) is 3.27. The number of rotatable bonds is 27. The molecule has 0 rings (SSSR count). The van der Waals surface area contributed by atoms with Crippen molar-refractivity contribution in [2.45, 2.75) is 154 Å². The molecule has 0 saturated heterocycles. The summed E-state index contributed by atoms with van der Waals surface area (Å²) in [5, 5.41) is 22.3. The molecule has 0 bridgehead atoms. The number of unbranched alkanes of at least 4 members (excludes halogenated alkanes) is 13. The monoisotopic (exact) mass is 556 g/mol. The number of carbonyl (C=O) groups is 4. The van der Waals surface area contributed by atoms with E-state index in [1.807, 2.05) is 0 Å². The van der Waals surface area contributed by atoms with Crippen molar-refractivity contribution in [1.82, 2.24) is 10.6 Å². The van der Waals surface area contributed by atoms with Crippen LogP contribution in [0.15, 0.2) is 0 Å². The number of nitrogens with one attached hydrogen (secondary N) is 2. The minimum atomic E-state index is -1.39. The molecule has 0 heterocycles. The lowest BCUT2D eigenvalue weighted by molar-refractivity contribution is -0.150. The van der Waals surface area contributed by atoms with E-state index >= 15 is 0 Å². The van der Waals surface area contributed by atoms with Crippen molar-refractivity contribution in [2.24, 2.45) is 0 Å². The number of aliphatic carboxylic acids is 1. The molecule has 9 heteroatoms. The number of esters is 1. The summed E-state index contributed by atoms with van der Waals surface area (Å²) in [4.78, 5) is 46.7. The van der Waals surface area contributed by atoms with Gasteiger partial charge < -0.3 is 25.6 Å². The summed E-state index contributed by atoms with van der Waals surface area (Å²) >= 11 is 0. The molecule has 0 aromatic heterocycles. The maximum absolute atomic E-state index is 12.3. The van der Waals surface area contributed by atoms with E-state index in [4.69, 9.17) is 14.9 Å². The molecule has 0 spiro atoms. The van der Waals surface area contributed by atoms with E-state index in [-0.39, 0.29) is 30.9 Å². The fourth-order valence-corrected chi connectivity index (χ4v) is 4.47. The maximum atomic E-state index is 12.3. The van der Waals surface area contributed by atoms with Gasteiger partial charge >= 0.3 is 11.9 Å². The first kappa shape index (κ1) is 36.8. The molecule has 228 valence electrons. The quantitative estimate of drug-likeness (QED) is 0.0782. The van der Waals surface area contributed by atoms with E-state index in [9.17, 15) is 19.2 Å². The molecule has 0 aliphatic carbocycles. The van der Waals surface area contributed by atoms with Gasteiger partial charge in [-0.15, -0.1) is 0 Å². The van der Waals surface area contributed by atoms with Crippen LogP contribution in [-0.4, -0.2) is 59.3 Å². The van der Waals surface area contributed by atoms with Gasteiger partial charge in [0.05, 0.1) is 13.2 Å². The van der Waals surface area contributed by atoms with Crippen LogP contribution in [0.2, 0.25) is 0 Å². The maximum Gasteiger partial charge on any atom is 0.328 e. The van der Waals surface area contributed by atoms with Crippen molar-refractivity contribution in [2.75, 3.05) is 13.2 Å². The Labute approximate surface area is 236 Å². The molecule has 2 unspecified atom stereocenters. The average Bonchev–Trinajstić information content (AvgIpc) is 2.90. The summed E-state index contributed by atoms with van der Waals surface area (Å²) in [5.74, 6) is -2.41. The Bertz CT molecular complexity index is 657. The van der Waals surface area contributed by atoms with Gasteiger partial charge in [0.2, 0.25) is 11.8 Å². The molecular formula is C30H56N2O7. The fraction of sp³-hybridized carbons (Fsp3) is 0.867. The zero-order chi connectivity index (χ0) is 29.1. The lowest BCUT2D eigenvalue weighted by atomic mass is 10.0. The van der Waals surface area contributed by atoms with Crippen molar-refractivity contribution < 1.29 is 34.1 Å². The summed E-state index contributed by atoms with van der Waals surface area (Å²) < 4.78 is 5.72. The Morgan fingerprint density at radius 1 is 0.667 bits per heavy atom. The molecule has 0 aliphatic rings. The molecule has 0 saturated carbocycles. The minimum absolute atomic E-state index is 0.0777. The second-order valence-electron chi connectivity index (χ2n) is 10.6. The fourth-order valence-electron chi connectivity index (χ4n) is 4.47. The molecule has 0 aromatic rings. The van der Waals surface area contributed by atoms with Crippen LogP contribution in [-0.2, 0) is 23.9 Å². The highest BCUT2D eigenvalue weighted by Gasteiger charge is 2.19. The second kappa shape index (κ2) is 26.1. The second-order valence-corrected chi connectivity index (χ2v) is 10.6. The predicted octanol–water partition coefficient (Wildman–Crippen LogP) is 5.42. The third kappa shape index (κ3) is 23.4. The van der Waals surface area contributed by atoms with Gasteiger partial charge in [0, 0.05) is 12.8 Å². The standard InChI is InChI=1S/C30H56N2O7/c1-3-5-6-7-8-9-10-11-12-13-14-18-22-29(36)39-25(19-4-2)20-16-15-17-21-27(34)31-23-28(35)32-26(24-33)30(37)38/h25-26,33H,3-24H2,1-2H3,(H,31,34)(H,32,35)(H,37,38). The molecular weight excluding hydrogens is 500 g/mol. The normalized spacial score (nSPS) is 12.5. The molecule has 2 atom stereocenters. The Kier molecular flexibility index (Phi) is 24.6. The number of aliphatic hydroxyl groups excluding tert-OH is 1. The number of hydrogen-bond acceptors (Lipinski definition) is 6. The van der Waals surface area contributed by atoms with Crippen molar-refractivity contribution in [3.8, 4) is 0 Å². The van der Waals surface area contributed by atoms with Gasteiger partial charge in [-0.05, 0) is 32.1 Å². The number of ether oxygens (including phenoxy) is 1. The molecule has 0 radical (unpaired) electrons. The van der Waals surface area contributed by atoms with Crippen LogP contribution in [0.1, 0.15) is 142 Å². The van der Waals surface area contributed by atoms with E-state index in [1.54, 1.807) is 0 Å². The lowest BCUT2D eigenvalue weighted by Gasteiger charge is -2.17. The molecule has 0 fully saturated rings. The highest BCUT2D eigenvalue weighted by Crippen LogP contribution is 2.16. The number of amides is 2. The summed E-state index contributed by atoms with van der Waals surface area (Å²) in [6.07, 6.45) is 20.7. The molecule has 0 aromatic carbocycles. The van der Waals surface area contributed by atoms with Crippen LogP contribution < -0.4 is 10.6 Å². The van der Waals surface area contributed by atoms with E-state index in [0.717, 1.165) is 44.9 Å². The van der Waals surface area contributed by atoms with Gasteiger partial charge in [-0.2, -0.15) is 0 Å². The van der Waals surface area contributed by atoms with Crippen molar-refractivity contribution in [1.29, 1.82) is 0 Å². The van der Waals surface area contributed by atoms with Crippen LogP contribution in [0.5, 0.6) is 0 Å². The van der Waals surface area contributed by atoms with Crippen LogP contribution in [0.4, 0.5) is 0 Å². The smallest absolute Gasteiger partial charge is 0.328 e. The molecule has 4 N–H and O–H groups in total. The van der Waals surface area contributed by atoms with Gasteiger partial charge in [-0.25, -0.2) is 4.79 Å². The van der Waals surface area contributed by atoms with E-state index in [0.29, 0.717) is 12.8 Å². The first-order valence-electron chi connectivity index (χ1n) is 15.4. The Morgan fingerprint density at radius 2 is 1.21 bits per heavy atom. The van der Waals surface area contributed by atoms with Gasteiger partial charge in [-0.1, -0.05) is 97.3 Å². The van der Waals surface area contributed by atoms with E-state index in [1.165, 1.54) is 64.2 Å². The molecule has 0 aliphatic heterocycles. The predicted molar refractivity (Wildman–Crippen MR) is 153 cm³/mol. The van der Waals surface area contributed by atoms with Crippen LogP contribution >= 0.6 is 0 Å². The van der Waals surface area contributed by atoms with E-state index in [2.05, 4.69) is 24.5 Å². The van der Waals surface area contributed by atoms with Gasteiger partial charge in [0.25, 0.3) is 0 Å². The highest BCUT2D eigenvalue weighted by molar-refractivity contribution is 5.87. The van der Waals surface area contributed by atoms with Gasteiger partial charge in [0.15, 0.2) is 0 Å². The van der Waals surface area contributed by atoms with Crippen molar-refractivity contribution in [3.63, 3.8) is 0 Å². The summed E-state index contributed by atoms with van der Waals surface area (Å²) in [5.41, 5.74) is 0. The van der Waals surface area contributed by atoms with E-state index < -0.39 is 24.5 Å². The largest absolute Gasteiger partial charge is 0.480 e. The Morgan fingerprint density at radius 3 is 1.74 bits per heavy atom. The third-order valence-corrected chi connectivity index (χ3v) is 6.84. The average molecular weight is 557 g/mol. The number of hydrogen-bond donors (Lipinski definition) is 4. The third-order valence-electron chi connectivity index (χ3n) is 6.84. The van der Waals surface area contributed by atoms with Crippen molar-refractivity contribution >= 4 is 23.8 Å². The zero-order valence-corrected chi connectivity index (χ0v) is 24.6. The highest BCUT2D eigenvalue weighted by atomic mass is 16.5. The van der Waals surface area contributed by atoms with Gasteiger partial charge in [0.1, 0.15) is 12.1 Å². The first-order valence-corrected chi connectivity index (χ1v) is 15.4. The SMILES string of the molecule is CCCCCCCCCCCCCCC(=O)OC(CCC)CCCCCC(=O)NCC(=O)NC(CO)C(=O)O. The Balaban J connectivity index is 3.84. The lowest BCUT2D eigenvalue weighted by Crippen LogP contribution is -2.47. The molecule has 9 nitrogen and oxygen atoms in total. The van der Waals surface area contributed by atoms with Crippen LogP contribution in [0, 0.1) is 0 Å². The first-order chi connectivity index (χ1) is 18.8. The number of carboxylic acid groups (broad SMARTS) is 1. The molecule has 39 heavy (non-hydrogen) atoms. The van der Waals surface area contributed by atoms with Crippen LogP contribution in [0.3, 0.4) is 0 Å². The number of aliphatic hydroxyl groups is 1. The van der Waals surface area contributed by atoms with Crippen molar-refractivity contribution in [3.05, 3.63) is 0 Å². The zero-order valence-electron chi connectivity index (χ0n) is 24.6. The summed E-state index contributed by atoms with van der Waals surface area (Å²) in [6, 6.07) is -1.39. The van der Waals surface area contributed by atoms with Crippen LogP contribution in [0.25, 0.3) is 0 Å². The molecule has 2 amide bonds. The topological polar surface area (TPSA) is 142 Å². The minimum Gasteiger partial charge on any atom is -0.480 e. The number of carbonyl (C=O) groups excluding carboxylic acids is 3.